The molecule has 0 saturated carbocycles. The summed E-state index contributed by atoms with van der Waals surface area (Å²) in [7, 11) is -3.21. The SMILES string of the molecule is CCOP(=O)(COC1CCN(n2cnc3c(=O)[nH]cnc32)C1)OCC. The minimum Gasteiger partial charge on any atom is -0.364 e. The number of hydrogen-bond acceptors (Lipinski definition) is 8. The molecule has 3 heterocycles. The van der Waals surface area contributed by atoms with Gasteiger partial charge in [-0.3, -0.25) is 9.36 Å². The molecule has 11 heteroatoms. The molecule has 3 rings (SSSR count). The average Bonchev–Trinajstić information content (AvgIpc) is 3.20. The van der Waals surface area contributed by atoms with Crippen LogP contribution in [0.4, 0.5) is 0 Å². The van der Waals surface area contributed by atoms with E-state index in [1.54, 1.807) is 24.9 Å². The van der Waals surface area contributed by atoms with Gasteiger partial charge in [0.05, 0.1) is 32.2 Å². The highest BCUT2D eigenvalue weighted by Gasteiger charge is 2.30. The first-order valence-corrected chi connectivity index (χ1v) is 9.94. The first-order chi connectivity index (χ1) is 12.1. The van der Waals surface area contributed by atoms with Crippen LogP contribution in [0.15, 0.2) is 17.4 Å². The molecule has 1 unspecified atom stereocenters. The van der Waals surface area contributed by atoms with E-state index >= 15 is 0 Å². The summed E-state index contributed by atoms with van der Waals surface area (Å²) in [4.78, 5) is 22.5. The van der Waals surface area contributed by atoms with Gasteiger partial charge in [-0.05, 0) is 20.3 Å². The molecule has 25 heavy (non-hydrogen) atoms. The maximum Gasteiger partial charge on any atom is 0.356 e. The second kappa shape index (κ2) is 7.65. The van der Waals surface area contributed by atoms with Gasteiger partial charge in [0.25, 0.3) is 5.56 Å². The van der Waals surface area contributed by atoms with Gasteiger partial charge < -0.3 is 23.8 Å². The van der Waals surface area contributed by atoms with Gasteiger partial charge in [0.15, 0.2) is 11.2 Å². The van der Waals surface area contributed by atoms with Crippen molar-refractivity contribution in [3.63, 3.8) is 0 Å². The van der Waals surface area contributed by atoms with E-state index in [2.05, 4.69) is 15.0 Å². The second-order valence-electron chi connectivity index (χ2n) is 5.56. The number of nitrogens with one attached hydrogen (secondary N) is 1. The van der Waals surface area contributed by atoms with Crippen LogP contribution in [0.1, 0.15) is 20.3 Å². The highest BCUT2D eigenvalue weighted by atomic mass is 31.2. The smallest absolute Gasteiger partial charge is 0.356 e. The van der Waals surface area contributed by atoms with Crippen molar-refractivity contribution in [3.8, 4) is 0 Å². The van der Waals surface area contributed by atoms with Crippen LogP contribution in [0.2, 0.25) is 0 Å². The van der Waals surface area contributed by atoms with Gasteiger partial charge in [-0.25, -0.2) is 14.6 Å². The molecule has 138 valence electrons. The minimum atomic E-state index is -3.21. The van der Waals surface area contributed by atoms with Gasteiger partial charge in [0.1, 0.15) is 12.7 Å². The zero-order chi connectivity index (χ0) is 17.9. The van der Waals surface area contributed by atoms with Crippen LogP contribution in [-0.2, 0) is 18.3 Å². The van der Waals surface area contributed by atoms with Gasteiger partial charge in [-0.2, -0.15) is 0 Å². The summed E-state index contributed by atoms with van der Waals surface area (Å²) >= 11 is 0. The quantitative estimate of drug-likeness (QED) is 0.686. The number of ether oxygens (including phenoxy) is 1. The minimum absolute atomic E-state index is 0.0736. The summed E-state index contributed by atoms with van der Waals surface area (Å²) in [5.41, 5.74) is 0.521. The Labute approximate surface area is 144 Å². The Kier molecular flexibility index (Phi) is 5.53. The molecule has 0 spiro atoms. The molecule has 0 radical (unpaired) electrons. The standard InChI is InChI=1S/C14H22N5O5P/c1-3-23-25(21,24-4-2)10-22-11-5-6-18(7-11)19-9-17-12-13(19)15-8-16-14(12)20/h8-9,11H,3-7,10H2,1-2H3,(H,15,16,20). The van der Waals surface area contributed by atoms with Crippen molar-refractivity contribution in [1.29, 1.82) is 0 Å². The fourth-order valence-corrected chi connectivity index (χ4v) is 4.19. The lowest BCUT2D eigenvalue weighted by molar-refractivity contribution is 0.0787. The van der Waals surface area contributed by atoms with Gasteiger partial charge in [-0.15, -0.1) is 0 Å². The summed E-state index contributed by atoms with van der Waals surface area (Å²) in [5.74, 6) is 0. The van der Waals surface area contributed by atoms with Crippen molar-refractivity contribution in [1.82, 2.24) is 19.6 Å². The normalized spacial score (nSPS) is 18.3. The van der Waals surface area contributed by atoms with Crippen LogP contribution < -0.4 is 10.6 Å². The van der Waals surface area contributed by atoms with Crippen LogP contribution in [0.5, 0.6) is 0 Å². The molecule has 2 aromatic rings. The number of aromatic nitrogens is 4. The highest BCUT2D eigenvalue weighted by molar-refractivity contribution is 7.53. The lowest BCUT2D eigenvalue weighted by atomic mass is 10.3. The maximum absolute atomic E-state index is 12.4. The summed E-state index contributed by atoms with van der Waals surface area (Å²) < 4.78 is 30.4. The average molecular weight is 371 g/mol. The van der Waals surface area contributed by atoms with Crippen molar-refractivity contribution >= 4 is 18.8 Å². The van der Waals surface area contributed by atoms with Gasteiger partial charge in [0, 0.05) is 6.54 Å². The monoisotopic (exact) mass is 371 g/mol. The van der Waals surface area contributed by atoms with Crippen LogP contribution in [-0.4, -0.2) is 58.4 Å². The fourth-order valence-electron chi connectivity index (χ4n) is 2.79. The molecule has 1 aliphatic rings. The number of rotatable bonds is 8. The number of hydrogen-bond donors (Lipinski definition) is 1. The van der Waals surface area contributed by atoms with Crippen molar-refractivity contribution in [2.45, 2.75) is 26.4 Å². The van der Waals surface area contributed by atoms with E-state index in [4.69, 9.17) is 13.8 Å². The van der Waals surface area contributed by atoms with E-state index in [1.807, 2.05) is 5.01 Å². The maximum atomic E-state index is 12.4. The largest absolute Gasteiger partial charge is 0.364 e. The van der Waals surface area contributed by atoms with Crippen LogP contribution in [0.3, 0.4) is 0 Å². The van der Waals surface area contributed by atoms with E-state index in [9.17, 15) is 9.36 Å². The lowest BCUT2D eigenvalue weighted by Gasteiger charge is -2.21. The van der Waals surface area contributed by atoms with Gasteiger partial charge in [-0.1, -0.05) is 0 Å². The van der Waals surface area contributed by atoms with Crippen molar-refractivity contribution in [3.05, 3.63) is 23.0 Å². The number of fused-ring (bicyclic) bond motifs is 1. The number of imidazole rings is 1. The van der Waals surface area contributed by atoms with Gasteiger partial charge >= 0.3 is 7.60 Å². The summed E-state index contributed by atoms with van der Waals surface area (Å²) in [5, 5.41) is 1.98. The second-order valence-corrected chi connectivity index (χ2v) is 7.55. The molecule has 1 aliphatic heterocycles. The van der Waals surface area contributed by atoms with Crippen LogP contribution in [0.25, 0.3) is 11.2 Å². The highest BCUT2D eigenvalue weighted by Crippen LogP contribution is 2.48. The third-order valence-corrected chi connectivity index (χ3v) is 5.64. The summed E-state index contributed by atoms with van der Waals surface area (Å²) in [6.45, 7) is 5.41. The molecular formula is C14H22N5O5P. The summed E-state index contributed by atoms with van der Waals surface area (Å²) in [6, 6.07) is 0. The van der Waals surface area contributed by atoms with Gasteiger partial charge in [0.2, 0.25) is 0 Å². The van der Waals surface area contributed by atoms with Crippen molar-refractivity contribution in [2.75, 3.05) is 37.7 Å². The Morgan fingerprint density at radius 2 is 2.08 bits per heavy atom. The predicted molar refractivity (Wildman–Crippen MR) is 91.3 cm³/mol. The molecule has 1 atom stereocenters. The van der Waals surface area contributed by atoms with E-state index in [0.29, 0.717) is 37.5 Å². The van der Waals surface area contributed by atoms with E-state index in [0.717, 1.165) is 6.42 Å². The number of H-pyrrole nitrogens is 1. The molecular weight excluding hydrogens is 349 g/mol. The zero-order valence-corrected chi connectivity index (χ0v) is 15.1. The van der Waals surface area contributed by atoms with Crippen LogP contribution >= 0.6 is 7.60 Å². The molecule has 0 amide bonds. The van der Waals surface area contributed by atoms with Crippen molar-refractivity contribution in [2.24, 2.45) is 0 Å². The first kappa shape index (κ1) is 18.1. The molecule has 0 aliphatic carbocycles. The lowest BCUT2D eigenvalue weighted by Crippen LogP contribution is -2.33. The molecule has 1 saturated heterocycles. The summed E-state index contributed by atoms with van der Waals surface area (Å²) in [6.07, 6.45) is 3.49. The van der Waals surface area contributed by atoms with E-state index in [-0.39, 0.29) is 18.0 Å². The Balaban J connectivity index is 1.64. The molecule has 0 bridgehead atoms. The third kappa shape index (κ3) is 3.92. The molecule has 1 fully saturated rings. The Morgan fingerprint density at radius 3 is 2.80 bits per heavy atom. The fraction of sp³-hybridized carbons (Fsp3) is 0.643. The Morgan fingerprint density at radius 1 is 1.32 bits per heavy atom. The molecule has 2 aromatic heterocycles. The third-order valence-electron chi connectivity index (χ3n) is 3.87. The molecule has 0 aromatic carbocycles. The topological polar surface area (TPSA) is 112 Å². The molecule has 10 nitrogen and oxygen atoms in total. The first-order valence-electron chi connectivity index (χ1n) is 8.22. The zero-order valence-electron chi connectivity index (χ0n) is 14.3. The Bertz CT molecular complexity index is 811. The number of aromatic amines is 1. The number of nitrogens with zero attached hydrogens (tertiary/aromatic N) is 4. The van der Waals surface area contributed by atoms with E-state index in [1.165, 1.54) is 6.33 Å². The Hall–Kier alpha value is -1.74. The predicted octanol–water partition coefficient (Wildman–Crippen LogP) is 1.07. The van der Waals surface area contributed by atoms with E-state index < -0.39 is 7.60 Å². The molecule has 1 N–H and O–H groups in total. The van der Waals surface area contributed by atoms with Crippen molar-refractivity contribution < 1.29 is 18.3 Å². The van der Waals surface area contributed by atoms with Crippen LogP contribution in [0, 0.1) is 0 Å².